The third-order valence-corrected chi connectivity index (χ3v) is 4.43. The lowest BCUT2D eigenvalue weighted by atomic mass is 10.0. The molecule has 1 aliphatic rings. The Morgan fingerprint density at radius 1 is 1.16 bits per heavy atom. The van der Waals surface area contributed by atoms with Crippen molar-refractivity contribution in [2.24, 2.45) is 0 Å². The first-order valence-corrected chi connectivity index (χ1v) is 8.00. The van der Waals surface area contributed by atoms with Crippen molar-refractivity contribution in [3.8, 4) is 11.5 Å². The molecular formula is C19H20FNO4. The van der Waals surface area contributed by atoms with E-state index >= 15 is 0 Å². The molecule has 0 radical (unpaired) electrons. The Balaban J connectivity index is 1.96. The molecule has 0 aromatic heterocycles. The number of benzene rings is 2. The molecule has 0 aliphatic carbocycles. The lowest BCUT2D eigenvalue weighted by Gasteiger charge is -2.26. The van der Waals surface area contributed by atoms with Gasteiger partial charge in [0.2, 0.25) is 0 Å². The van der Waals surface area contributed by atoms with Gasteiger partial charge >= 0.3 is 0 Å². The summed E-state index contributed by atoms with van der Waals surface area (Å²) in [4.78, 5) is 14.7. The molecule has 1 heterocycles. The molecule has 6 heteroatoms. The van der Waals surface area contributed by atoms with Gasteiger partial charge in [0, 0.05) is 6.54 Å². The fourth-order valence-corrected chi connectivity index (χ4v) is 3.25. The van der Waals surface area contributed by atoms with Crippen molar-refractivity contribution < 1.29 is 23.8 Å². The van der Waals surface area contributed by atoms with Crippen LogP contribution in [-0.4, -0.2) is 42.8 Å². The number of aliphatic hydroxyl groups excluding tert-OH is 1. The molecule has 5 nitrogen and oxygen atoms in total. The largest absolute Gasteiger partial charge is 0.493 e. The van der Waals surface area contributed by atoms with Gasteiger partial charge in [0.25, 0.3) is 5.91 Å². The van der Waals surface area contributed by atoms with Crippen LogP contribution in [0.1, 0.15) is 28.4 Å². The van der Waals surface area contributed by atoms with E-state index < -0.39 is 6.10 Å². The van der Waals surface area contributed by atoms with Gasteiger partial charge in [-0.2, -0.15) is 0 Å². The highest BCUT2D eigenvalue weighted by atomic mass is 19.1. The van der Waals surface area contributed by atoms with E-state index in [1.807, 2.05) is 0 Å². The van der Waals surface area contributed by atoms with Crippen molar-refractivity contribution >= 4 is 5.91 Å². The topological polar surface area (TPSA) is 59.0 Å². The molecule has 2 aromatic rings. The molecule has 2 atom stereocenters. The number of rotatable bonds is 4. The van der Waals surface area contributed by atoms with Gasteiger partial charge < -0.3 is 19.5 Å². The highest BCUT2D eigenvalue weighted by Gasteiger charge is 2.37. The van der Waals surface area contributed by atoms with Crippen molar-refractivity contribution in [3.63, 3.8) is 0 Å². The number of nitrogens with zero attached hydrogens (tertiary/aromatic N) is 1. The molecule has 1 N–H and O–H groups in total. The van der Waals surface area contributed by atoms with Gasteiger partial charge in [0.15, 0.2) is 11.5 Å². The normalized spacial score (nSPS) is 19.8. The quantitative estimate of drug-likeness (QED) is 0.926. The van der Waals surface area contributed by atoms with Gasteiger partial charge in [0.05, 0.1) is 31.9 Å². The van der Waals surface area contributed by atoms with Crippen LogP contribution in [-0.2, 0) is 0 Å². The van der Waals surface area contributed by atoms with Gasteiger partial charge in [-0.05, 0) is 36.2 Å². The highest BCUT2D eigenvalue weighted by molar-refractivity contribution is 5.98. The van der Waals surface area contributed by atoms with Crippen molar-refractivity contribution in [2.75, 3.05) is 20.8 Å². The van der Waals surface area contributed by atoms with E-state index in [1.54, 1.807) is 35.2 Å². The first-order chi connectivity index (χ1) is 12.0. The Bertz CT molecular complexity index is 763. The van der Waals surface area contributed by atoms with Gasteiger partial charge in [-0.3, -0.25) is 4.79 Å². The number of hydrogen-bond donors (Lipinski definition) is 1. The number of carbonyl (C=O) groups is 1. The number of methoxy groups -OCH3 is 2. The molecule has 0 bridgehead atoms. The summed E-state index contributed by atoms with van der Waals surface area (Å²) in [6.45, 7) is 0.210. The van der Waals surface area contributed by atoms with Crippen LogP contribution in [0.5, 0.6) is 11.5 Å². The minimum absolute atomic E-state index is 0.210. The third-order valence-electron chi connectivity index (χ3n) is 4.43. The Morgan fingerprint density at radius 3 is 2.52 bits per heavy atom. The Kier molecular flexibility index (Phi) is 4.90. The fraction of sp³-hybridized carbons (Fsp3) is 0.316. The average molecular weight is 345 g/mol. The SMILES string of the molecule is COc1cccc(C(=O)N2C[C@@H](O)C[C@@H]2c2ccc(F)cc2)c1OC. The van der Waals surface area contributed by atoms with Crippen LogP contribution in [0, 0.1) is 5.82 Å². The summed E-state index contributed by atoms with van der Waals surface area (Å²) in [5, 5.41) is 10.1. The number of aliphatic hydroxyl groups is 1. The standard InChI is InChI=1S/C19H20FNO4/c1-24-17-5-3-4-15(18(17)25-2)19(23)21-11-14(22)10-16(21)12-6-8-13(20)9-7-12/h3-9,14,16,22H,10-11H2,1-2H3/t14-,16+/m0/s1. The molecular weight excluding hydrogens is 325 g/mol. The average Bonchev–Trinajstić information content (AvgIpc) is 3.02. The molecule has 1 saturated heterocycles. The van der Waals surface area contributed by atoms with E-state index in [9.17, 15) is 14.3 Å². The summed E-state index contributed by atoms with van der Waals surface area (Å²) in [6.07, 6.45) is -0.223. The second-order valence-electron chi connectivity index (χ2n) is 5.96. The molecule has 3 rings (SSSR count). The van der Waals surface area contributed by atoms with Gasteiger partial charge in [-0.15, -0.1) is 0 Å². The van der Waals surface area contributed by atoms with E-state index in [0.29, 0.717) is 23.5 Å². The number of para-hydroxylation sites is 1. The monoisotopic (exact) mass is 345 g/mol. The van der Waals surface area contributed by atoms with E-state index in [-0.39, 0.29) is 24.3 Å². The van der Waals surface area contributed by atoms with Crippen LogP contribution in [0.15, 0.2) is 42.5 Å². The maximum atomic E-state index is 13.2. The first kappa shape index (κ1) is 17.2. The molecule has 0 unspecified atom stereocenters. The van der Waals surface area contributed by atoms with Crippen molar-refractivity contribution in [1.29, 1.82) is 0 Å². The number of ether oxygens (including phenoxy) is 2. The van der Waals surface area contributed by atoms with Gasteiger partial charge in [-0.1, -0.05) is 18.2 Å². The molecule has 1 aliphatic heterocycles. The predicted octanol–water partition coefficient (Wildman–Crippen LogP) is 2.79. The minimum atomic E-state index is -0.629. The van der Waals surface area contributed by atoms with E-state index in [4.69, 9.17) is 9.47 Å². The van der Waals surface area contributed by atoms with Crippen molar-refractivity contribution in [2.45, 2.75) is 18.6 Å². The number of β-amino-alcohol motifs (C(OH)–C–C–N with tert-alkyl or cyclic N) is 1. The van der Waals surface area contributed by atoms with Gasteiger partial charge in [0.1, 0.15) is 5.82 Å². The zero-order chi connectivity index (χ0) is 18.0. The molecule has 2 aromatic carbocycles. The molecule has 0 saturated carbocycles. The smallest absolute Gasteiger partial charge is 0.258 e. The minimum Gasteiger partial charge on any atom is -0.493 e. The Hall–Kier alpha value is -2.60. The van der Waals surface area contributed by atoms with E-state index in [1.165, 1.54) is 26.4 Å². The first-order valence-electron chi connectivity index (χ1n) is 8.00. The molecule has 1 amide bonds. The lowest BCUT2D eigenvalue weighted by molar-refractivity contribution is 0.0711. The third kappa shape index (κ3) is 3.30. The second-order valence-corrected chi connectivity index (χ2v) is 5.96. The van der Waals surface area contributed by atoms with Crippen LogP contribution >= 0.6 is 0 Å². The number of halogens is 1. The fourth-order valence-electron chi connectivity index (χ4n) is 3.25. The van der Waals surface area contributed by atoms with Crippen LogP contribution in [0.4, 0.5) is 4.39 Å². The van der Waals surface area contributed by atoms with Crippen molar-refractivity contribution in [1.82, 2.24) is 4.90 Å². The molecule has 132 valence electrons. The number of carbonyl (C=O) groups excluding carboxylic acids is 1. The maximum absolute atomic E-state index is 13.2. The lowest BCUT2D eigenvalue weighted by Crippen LogP contribution is -2.32. The summed E-state index contributed by atoms with van der Waals surface area (Å²) in [6, 6.07) is 10.8. The Morgan fingerprint density at radius 2 is 1.88 bits per heavy atom. The maximum Gasteiger partial charge on any atom is 0.258 e. The number of amides is 1. The molecule has 0 spiro atoms. The van der Waals surface area contributed by atoms with Crippen LogP contribution in [0.2, 0.25) is 0 Å². The summed E-state index contributed by atoms with van der Waals surface area (Å²) in [7, 11) is 2.98. The van der Waals surface area contributed by atoms with Crippen LogP contribution in [0.3, 0.4) is 0 Å². The number of hydrogen-bond acceptors (Lipinski definition) is 4. The highest BCUT2D eigenvalue weighted by Crippen LogP contribution is 2.37. The summed E-state index contributed by atoms with van der Waals surface area (Å²) in [5.74, 6) is 0.219. The van der Waals surface area contributed by atoms with E-state index in [2.05, 4.69) is 0 Å². The Labute approximate surface area is 145 Å². The van der Waals surface area contributed by atoms with Gasteiger partial charge in [-0.25, -0.2) is 4.39 Å². The molecule has 25 heavy (non-hydrogen) atoms. The second kappa shape index (κ2) is 7.11. The molecule has 1 fully saturated rings. The van der Waals surface area contributed by atoms with E-state index in [0.717, 1.165) is 5.56 Å². The summed E-state index contributed by atoms with van der Waals surface area (Å²) < 4.78 is 23.8. The summed E-state index contributed by atoms with van der Waals surface area (Å²) in [5.41, 5.74) is 1.15. The predicted molar refractivity (Wildman–Crippen MR) is 90.3 cm³/mol. The van der Waals surface area contributed by atoms with Crippen molar-refractivity contribution in [3.05, 3.63) is 59.4 Å². The number of likely N-dealkylation sites (tertiary alicyclic amines) is 1. The zero-order valence-electron chi connectivity index (χ0n) is 14.1. The van der Waals surface area contributed by atoms with Crippen LogP contribution < -0.4 is 9.47 Å². The zero-order valence-corrected chi connectivity index (χ0v) is 14.1. The van der Waals surface area contributed by atoms with Crippen LogP contribution in [0.25, 0.3) is 0 Å². The summed E-state index contributed by atoms with van der Waals surface area (Å²) >= 11 is 0.